The number of rotatable bonds is 16. The Hall–Kier alpha value is -4.00. The molecule has 1 aliphatic heterocycles. The molecule has 44 heavy (non-hydrogen) atoms. The van der Waals surface area contributed by atoms with Gasteiger partial charge in [0.05, 0.1) is 25.7 Å². The van der Waals surface area contributed by atoms with Crippen molar-refractivity contribution in [1.82, 2.24) is 15.5 Å². The quantitative estimate of drug-likeness (QED) is 0.137. The van der Waals surface area contributed by atoms with E-state index in [9.17, 15) is 33.9 Å². The van der Waals surface area contributed by atoms with Gasteiger partial charge < -0.3 is 36.4 Å². The summed E-state index contributed by atoms with van der Waals surface area (Å²) in [4.78, 5) is 76.9. The van der Waals surface area contributed by atoms with Crippen molar-refractivity contribution in [2.45, 2.75) is 84.4 Å². The Morgan fingerprint density at radius 2 is 1.77 bits per heavy atom. The van der Waals surface area contributed by atoms with Gasteiger partial charge in [0.25, 0.3) is 0 Å². The van der Waals surface area contributed by atoms with Crippen molar-refractivity contribution < 1.29 is 38.6 Å². The number of Topliss-reactive ketones (excluding diaryl/α,β-unsaturated/α-hetero) is 1. The van der Waals surface area contributed by atoms with E-state index in [1.165, 1.54) is 7.11 Å². The number of nitrogens with one attached hydrogen (secondary N) is 3. The number of hydrogen-bond donors (Lipinski definition) is 5. The first-order valence-electron chi connectivity index (χ1n) is 15.1. The van der Waals surface area contributed by atoms with Gasteiger partial charge in [0.1, 0.15) is 0 Å². The molecule has 1 heterocycles. The number of hydrogen-bond acceptors (Lipinski definition) is 8. The summed E-state index contributed by atoms with van der Waals surface area (Å²) in [5, 5.41) is 17.3. The number of carbonyl (C=O) groups excluding carboxylic acids is 6. The molecule has 2 rings (SSSR count). The average molecular weight is 618 g/mol. The van der Waals surface area contributed by atoms with Crippen LogP contribution in [0.5, 0.6) is 0 Å². The molecule has 0 aliphatic carbocycles. The number of likely N-dealkylation sites (tertiary alicyclic amines) is 1. The van der Waals surface area contributed by atoms with Crippen LogP contribution in [-0.2, 0) is 35.3 Å². The van der Waals surface area contributed by atoms with Crippen LogP contribution in [0.1, 0.15) is 71.3 Å². The number of ketones is 1. The van der Waals surface area contributed by atoms with Crippen LogP contribution in [0.3, 0.4) is 0 Å². The molecule has 2 unspecified atom stereocenters. The highest BCUT2D eigenvalue weighted by Gasteiger charge is 2.33. The van der Waals surface area contributed by atoms with Crippen LogP contribution in [0.4, 0.5) is 10.5 Å². The Bertz CT molecular complexity index is 1160. The normalized spacial score (nSPS) is 17.7. The fourth-order valence-corrected chi connectivity index (χ4v) is 5.35. The first kappa shape index (κ1) is 36.2. The molecule has 1 saturated heterocycles. The highest BCUT2D eigenvalue weighted by Crippen LogP contribution is 2.25. The minimum absolute atomic E-state index is 0.0367. The van der Waals surface area contributed by atoms with Crippen LogP contribution in [0.25, 0.3) is 0 Å². The summed E-state index contributed by atoms with van der Waals surface area (Å²) in [5.41, 5.74) is 6.31. The number of benzene rings is 1. The maximum Gasteiger partial charge on any atom is 0.312 e. The molecule has 6 N–H and O–H groups in total. The molecule has 13 nitrogen and oxygen atoms in total. The SMILES string of the molecule is COC(=O)C1CCN(C(=O)CCC(=O)N[C@H](C(=O)C[C@@H](CCCNC(N)=O)C(=O)Nc2ccc(CO)cc2)C(C)C)C(C)C1. The molecule has 0 bridgehead atoms. The first-order valence-corrected chi connectivity index (χ1v) is 15.1. The van der Waals surface area contributed by atoms with Gasteiger partial charge in [-0.15, -0.1) is 0 Å². The van der Waals surface area contributed by atoms with Crippen molar-refractivity contribution in [1.29, 1.82) is 0 Å². The molecule has 1 fully saturated rings. The fraction of sp³-hybridized carbons (Fsp3) is 0.613. The van der Waals surface area contributed by atoms with E-state index in [0.29, 0.717) is 37.1 Å². The zero-order valence-corrected chi connectivity index (χ0v) is 26.1. The number of aliphatic hydroxyl groups excluding tert-OH is 1. The number of nitrogens with zero attached hydrogens (tertiary/aromatic N) is 1. The Morgan fingerprint density at radius 1 is 1.09 bits per heavy atom. The molecule has 4 atom stereocenters. The van der Waals surface area contributed by atoms with Crippen molar-refractivity contribution in [3.63, 3.8) is 0 Å². The molecule has 0 aromatic heterocycles. The van der Waals surface area contributed by atoms with Gasteiger partial charge in [-0.25, -0.2) is 4.79 Å². The number of carbonyl (C=O) groups is 6. The monoisotopic (exact) mass is 617 g/mol. The summed E-state index contributed by atoms with van der Waals surface area (Å²) in [7, 11) is 1.34. The van der Waals surface area contributed by atoms with Crippen LogP contribution >= 0.6 is 0 Å². The van der Waals surface area contributed by atoms with Gasteiger partial charge in [-0.2, -0.15) is 0 Å². The molecule has 1 aromatic carbocycles. The molecule has 1 aromatic rings. The van der Waals surface area contributed by atoms with E-state index in [2.05, 4.69) is 16.0 Å². The van der Waals surface area contributed by atoms with Crippen molar-refractivity contribution in [3.8, 4) is 0 Å². The number of anilines is 1. The number of piperidine rings is 1. The van der Waals surface area contributed by atoms with E-state index in [0.717, 1.165) is 0 Å². The van der Waals surface area contributed by atoms with E-state index in [-0.39, 0.29) is 74.4 Å². The standard InChI is InChI=1S/C31H47N5O8/c1-19(2)28(35-26(39)11-12-27(40)36-15-13-23(16-20(36)3)30(42)44-4)25(38)17-22(6-5-14-33-31(32)43)29(41)34-24-9-7-21(18-37)8-10-24/h7-10,19-20,22-23,28,37H,5-6,11-18H2,1-4H3,(H,34,41)(H,35,39)(H3,32,33,43)/t20?,22-,23?,28+/m1/s1. The fourth-order valence-electron chi connectivity index (χ4n) is 5.35. The third-order valence-corrected chi connectivity index (χ3v) is 7.88. The smallest absolute Gasteiger partial charge is 0.312 e. The van der Waals surface area contributed by atoms with Crippen LogP contribution in [0.2, 0.25) is 0 Å². The number of amides is 5. The summed E-state index contributed by atoms with van der Waals surface area (Å²) >= 11 is 0. The van der Waals surface area contributed by atoms with Crippen LogP contribution in [-0.4, -0.2) is 77.8 Å². The maximum absolute atomic E-state index is 13.4. The molecule has 0 radical (unpaired) electrons. The highest BCUT2D eigenvalue weighted by molar-refractivity contribution is 5.97. The Kier molecular flexibility index (Phi) is 14.8. The summed E-state index contributed by atoms with van der Waals surface area (Å²) in [6, 6.07) is 4.93. The number of nitrogens with two attached hydrogens (primary N) is 1. The molecule has 1 aliphatic rings. The van der Waals surface area contributed by atoms with Crippen molar-refractivity contribution >= 4 is 41.2 Å². The van der Waals surface area contributed by atoms with Crippen LogP contribution in [0.15, 0.2) is 24.3 Å². The molecule has 0 spiro atoms. The first-order chi connectivity index (χ1) is 20.9. The predicted octanol–water partition coefficient (Wildman–Crippen LogP) is 1.86. The lowest BCUT2D eigenvalue weighted by molar-refractivity contribution is -0.150. The van der Waals surface area contributed by atoms with Crippen LogP contribution < -0.4 is 21.7 Å². The third kappa shape index (κ3) is 11.6. The number of ether oxygens (including phenoxy) is 1. The minimum atomic E-state index is -0.866. The lowest BCUT2D eigenvalue weighted by Gasteiger charge is -2.36. The van der Waals surface area contributed by atoms with Gasteiger partial charge in [0.15, 0.2) is 5.78 Å². The summed E-state index contributed by atoms with van der Waals surface area (Å²) < 4.78 is 4.82. The van der Waals surface area contributed by atoms with Crippen molar-refractivity contribution in [2.75, 3.05) is 25.5 Å². The Morgan fingerprint density at radius 3 is 2.34 bits per heavy atom. The van der Waals surface area contributed by atoms with E-state index in [1.54, 1.807) is 43.0 Å². The van der Waals surface area contributed by atoms with Gasteiger partial charge >= 0.3 is 12.0 Å². The highest BCUT2D eigenvalue weighted by atomic mass is 16.5. The van der Waals surface area contributed by atoms with Crippen molar-refractivity contribution in [3.05, 3.63) is 29.8 Å². The summed E-state index contributed by atoms with van der Waals surface area (Å²) in [5.74, 6) is -2.91. The molecule has 5 amide bonds. The van der Waals surface area contributed by atoms with Gasteiger partial charge in [-0.1, -0.05) is 26.0 Å². The van der Waals surface area contributed by atoms with Gasteiger partial charge in [-0.3, -0.25) is 24.0 Å². The van der Waals surface area contributed by atoms with Crippen molar-refractivity contribution in [2.24, 2.45) is 23.5 Å². The number of aliphatic hydroxyl groups is 1. The molecular weight excluding hydrogens is 570 g/mol. The number of urea groups is 1. The predicted molar refractivity (Wildman–Crippen MR) is 163 cm³/mol. The van der Waals surface area contributed by atoms with E-state index in [1.807, 2.05) is 6.92 Å². The summed E-state index contributed by atoms with van der Waals surface area (Å²) in [6.07, 6.45) is 1.39. The van der Waals surface area contributed by atoms with E-state index in [4.69, 9.17) is 10.5 Å². The third-order valence-electron chi connectivity index (χ3n) is 7.88. The van der Waals surface area contributed by atoms with Gasteiger partial charge in [0.2, 0.25) is 17.7 Å². The van der Waals surface area contributed by atoms with Gasteiger partial charge in [-0.05, 0) is 56.2 Å². The molecule has 244 valence electrons. The number of esters is 1. The molecular formula is C31H47N5O8. The number of primary amides is 1. The van der Waals surface area contributed by atoms with Gasteiger partial charge in [0, 0.05) is 50.0 Å². The van der Waals surface area contributed by atoms with E-state index >= 15 is 0 Å². The second-order valence-corrected chi connectivity index (χ2v) is 11.6. The van der Waals surface area contributed by atoms with E-state index < -0.39 is 29.8 Å². The summed E-state index contributed by atoms with van der Waals surface area (Å²) in [6.45, 7) is 5.94. The topological polar surface area (TPSA) is 197 Å². The Balaban J connectivity index is 1.99. The number of methoxy groups -OCH3 is 1. The molecule has 0 saturated carbocycles. The van der Waals surface area contributed by atoms with Crippen LogP contribution in [0, 0.1) is 17.8 Å². The lowest BCUT2D eigenvalue weighted by atomic mass is 9.89. The lowest BCUT2D eigenvalue weighted by Crippen LogP contribution is -2.47. The Labute approximate surface area is 258 Å². The zero-order chi connectivity index (χ0) is 32.8. The minimum Gasteiger partial charge on any atom is -0.469 e. The second-order valence-electron chi connectivity index (χ2n) is 11.6. The zero-order valence-electron chi connectivity index (χ0n) is 26.1. The second kappa shape index (κ2) is 18.0. The maximum atomic E-state index is 13.4. The molecule has 13 heteroatoms. The largest absolute Gasteiger partial charge is 0.469 e. The average Bonchev–Trinajstić information content (AvgIpc) is 2.99.